The monoisotopic (exact) mass is 257 g/mol. The van der Waals surface area contributed by atoms with Crippen LogP contribution in [0.3, 0.4) is 0 Å². The summed E-state index contributed by atoms with van der Waals surface area (Å²) in [6.45, 7) is 9.98. The van der Waals surface area contributed by atoms with E-state index in [-0.39, 0.29) is 0 Å². The second-order valence-corrected chi connectivity index (χ2v) is 5.86. The van der Waals surface area contributed by atoms with E-state index in [1.807, 2.05) is 0 Å². The van der Waals surface area contributed by atoms with Crippen LogP contribution in [0.25, 0.3) is 10.9 Å². The summed E-state index contributed by atoms with van der Waals surface area (Å²) in [5.74, 6) is 0. The van der Waals surface area contributed by atoms with Crippen LogP contribution in [0.15, 0.2) is 30.5 Å². The molecule has 1 aliphatic heterocycles. The number of benzene rings is 1. The summed E-state index contributed by atoms with van der Waals surface area (Å²) in [5.41, 5.74) is 2.69. The van der Waals surface area contributed by atoms with Gasteiger partial charge >= 0.3 is 0 Å². The Kier molecular flexibility index (Phi) is 3.23. The molecule has 1 saturated heterocycles. The first-order chi connectivity index (χ1) is 9.15. The van der Waals surface area contributed by atoms with Gasteiger partial charge in [-0.2, -0.15) is 0 Å². The van der Waals surface area contributed by atoms with Gasteiger partial charge in [-0.1, -0.05) is 6.07 Å². The molecule has 1 aliphatic rings. The second kappa shape index (κ2) is 4.89. The molecule has 1 fully saturated rings. The Morgan fingerprint density at radius 2 is 2.11 bits per heavy atom. The van der Waals surface area contributed by atoms with E-state index in [0.717, 1.165) is 19.6 Å². The number of fused-ring (bicyclic) bond motifs is 1. The van der Waals surface area contributed by atoms with Crippen LogP contribution < -0.4 is 10.2 Å². The van der Waals surface area contributed by atoms with Gasteiger partial charge in [0.1, 0.15) is 0 Å². The Balaban J connectivity index is 1.98. The molecule has 2 aromatic rings. The van der Waals surface area contributed by atoms with Crippen molar-refractivity contribution in [3.63, 3.8) is 0 Å². The summed E-state index contributed by atoms with van der Waals surface area (Å²) < 4.78 is 2.35. The lowest BCUT2D eigenvalue weighted by atomic mass is 10.1. The van der Waals surface area contributed by atoms with Crippen LogP contribution in [-0.2, 0) is 0 Å². The highest BCUT2D eigenvalue weighted by molar-refractivity contribution is 5.84. The van der Waals surface area contributed by atoms with Gasteiger partial charge in [-0.05, 0) is 44.4 Å². The van der Waals surface area contributed by atoms with Crippen LogP contribution in [-0.4, -0.2) is 30.2 Å². The Hall–Kier alpha value is -1.48. The number of anilines is 1. The van der Waals surface area contributed by atoms with Crippen molar-refractivity contribution in [2.24, 2.45) is 0 Å². The lowest BCUT2D eigenvalue weighted by molar-refractivity contribution is 0.485. The number of nitrogens with one attached hydrogen (secondary N) is 1. The molecule has 0 aliphatic carbocycles. The average molecular weight is 257 g/mol. The van der Waals surface area contributed by atoms with Gasteiger partial charge in [0.15, 0.2) is 0 Å². The van der Waals surface area contributed by atoms with Gasteiger partial charge in [0, 0.05) is 43.6 Å². The maximum Gasteiger partial charge on any atom is 0.0503 e. The van der Waals surface area contributed by atoms with Gasteiger partial charge in [0.2, 0.25) is 0 Å². The maximum atomic E-state index is 3.50. The Labute approximate surface area is 115 Å². The molecule has 2 heterocycles. The number of nitrogens with zero attached hydrogens (tertiary/aromatic N) is 2. The predicted octanol–water partition coefficient (Wildman–Crippen LogP) is 3.02. The first-order valence-corrected chi connectivity index (χ1v) is 7.24. The first-order valence-electron chi connectivity index (χ1n) is 7.24. The smallest absolute Gasteiger partial charge is 0.0503 e. The van der Waals surface area contributed by atoms with Gasteiger partial charge < -0.3 is 14.8 Å². The fourth-order valence-corrected chi connectivity index (χ4v) is 2.95. The van der Waals surface area contributed by atoms with Crippen LogP contribution in [0.4, 0.5) is 5.69 Å². The molecule has 0 spiro atoms. The number of piperazine rings is 1. The third kappa shape index (κ3) is 2.35. The van der Waals surface area contributed by atoms with E-state index in [9.17, 15) is 0 Å². The minimum Gasteiger partial charge on any atom is -0.369 e. The van der Waals surface area contributed by atoms with Gasteiger partial charge in [-0.25, -0.2) is 0 Å². The topological polar surface area (TPSA) is 20.2 Å². The summed E-state index contributed by atoms with van der Waals surface area (Å²) >= 11 is 0. The fraction of sp³-hybridized carbons (Fsp3) is 0.500. The molecule has 1 N–H and O–H groups in total. The molecule has 0 radical (unpaired) electrons. The molecule has 3 nitrogen and oxygen atoms in total. The molecule has 3 rings (SSSR count). The van der Waals surface area contributed by atoms with E-state index in [2.05, 4.69) is 66.0 Å². The third-order valence-corrected chi connectivity index (χ3v) is 4.00. The molecule has 0 bridgehead atoms. The standard InChI is InChI=1S/C16H23N3/c1-12(2)19-8-6-14-4-5-15(10-16(14)19)18-9-7-17-13(3)11-18/h4-6,8,10,12-13,17H,7,9,11H2,1-3H3. The third-order valence-electron chi connectivity index (χ3n) is 4.00. The van der Waals surface area contributed by atoms with E-state index in [4.69, 9.17) is 0 Å². The summed E-state index contributed by atoms with van der Waals surface area (Å²) in [5, 5.41) is 4.83. The molecule has 3 heteroatoms. The zero-order valence-corrected chi connectivity index (χ0v) is 12.1. The summed E-state index contributed by atoms with van der Waals surface area (Å²) in [7, 11) is 0. The molecule has 19 heavy (non-hydrogen) atoms. The lowest BCUT2D eigenvalue weighted by Gasteiger charge is -2.33. The molecule has 0 amide bonds. The maximum absolute atomic E-state index is 3.50. The van der Waals surface area contributed by atoms with Crippen LogP contribution in [0.1, 0.15) is 26.8 Å². The van der Waals surface area contributed by atoms with E-state index < -0.39 is 0 Å². The first kappa shape index (κ1) is 12.5. The second-order valence-electron chi connectivity index (χ2n) is 5.86. The molecular weight excluding hydrogens is 234 g/mol. The van der Waals surface area contributed by atoms with Crippen molar-refractivity contribution in [3.05, 3.63) is 30.5 Å². The molecule has 1 unspecified atom stereocenters. The molecule has 1 aromatic heterocycles. The zero-order chi connectivity index (χ0) is 13.4. The Morgan fingerprint density at radius 1 is 1.26 bits per heavy atom. The van der Waals surface area contributed by atoms with Crippen molar-refractivity contribution < 1.29 is 0 Å². The fourth-order valence-electron chi connectivity index (χ4n) is 2.95. The van der Waals surface area contributed by atoms with Crippen molar-refractivity contribution in [2.45, 2.75) is 32.9 Å². The lowest BCUT2D eigenvalue weighted by Crippen LogP contribution is -2.49. The number of hydrogen-bond acceptors (Lipinski definition) is 2. The zero-order valence-electron chi connectivity index (χ0n) is 12.1. The highest BCUT2D eigenvalue weighted by Gasteiger charge is 2.16. The predicted molar refractivity (Wildman–Crippen MR) is 82.0 cm³/mol. The molecular formula is C16H23N3. The highest BCUT2D eigenvalue weighted by atomic mass is 15.2. The van der Waals surface area contributed by atoms with Crippen molar-refractivity contribution in [1.29, 1.82) is 0 Å². The Bertz CT molecular complexity index is 570. The van der Waals surface area contributed by atoms with Crippen LogP contribution in [0.2, 0.25) is 0 Å². The van der Waals surface area contributed by atoms with Gasteiger partial charge in [-0.15, -0.1) is 0 Å². The quantitative estimate of drug-likeness (QED) is 0.892. The van der Waals surface area contributed by atoms with Gasteiger partial charge in [-0.3, -0.25) is 0 Å². The minimum absolute atomic E-state index is 0.509. The van der Waals surface area contributed by atoms with Crippen LogP contribution in [0, 0.1) is 0 Å². The Morgan fingerprint density at radius 3 is 2.84 bits per heavy atom. The molecule has 102 valence electrons. The highest BCUT2D eigenvalue weighted by Crippen LogP contribution is 2.26. The van der Waals surface area contributed by atoms with Crippen LogP contribution >= 0.6 is 0 Å². The van der Waals surface area contributed by atoms with E-state index in [0.29, 0.717) is 12.1 Å². The normalized spacial score (nSPS) is 20.4. The van der Waals surface area contributed by atoms with E-state index >= 15 is 0 Å². The number of aromatic nitrogens is 1. The van der Waals surface area contributed by atoms with Crippen molar-refractivity contribution >= 4 is 16.6 Å². The molecule has 0 saturated carbocycles. The van der Waals surface area contributed by atoms with Gasteiger partial charge in [0.05, 0.1) is 5.52 Å². The van der Waals surface area contributed by atoms with Gasteiger partial charge in [0.25, 0.3) is 0 Å². The number of hydrogen-bond donors (Lipinski definition) is 1. The SMILES string of the molecule is CC1CN(c2ccc3ccn(C(C)C)c3c2)CCN1. The summed E-state index contributed by atoms with van der Waals surface area (Å²) in [6, 6.07) is 10.1. The molecule has 1 atom stereocenters. The summed E-state index contributed by atoms with van der Waals surface area (Å²) in [4.78, 5) is 2.48. The average Bonchev–Trinajstić information content (AvgIpc) is 2.81. The minimum atomic E-state index is 0.509. The number of rotatable bonds is 2. The van der Waals surface area contributed by atoms with Crippen molar-refractivity contribution in [1.82, 2.24) is 9.88 Å². The largest absolute Gasteiger partial charge is 0.369 e. The molecule has 1 aromatic carbocycles. The summed E-state index contributed by atoms with van der Waals surface area (Å²) in [6.07, 6.45) is 2.19. The van der Waals surface area contributed by atoms with E-state index in [1.54, 1.807) is 0 Å². The van der Waals surface area contributed by atoms with Crippen molar-refractivity contribution in [3.8, 4) is 0 Å². The van der Waals surface area contributed by atoms with Crippen molar-refractivity contribution in [2.75, 3.05) is 24.5 Å². The van der Waals surface area contributed by atoms with Crippen LogP contribution in [0.5, 0.6) is 0 Å². The van der Waals surface area contributed by atoms with E-state index in [1.165, 1.54) is 16.6 Å².